The second kappa shape index (κ2) is 6.46. The highest BCUT2D eigenvalue weighted by Crippen LogP contribution is 2.28. The normalized spacial score (nSPS) is 12.8. The van der Waals surface area contributed by atoms with E-state index in [1.165, 1.54) is 6.92 Å². The van der Waals surface area contributed by atoms with E-state index in [4.69, 9.17) is 4.74 Å². The third kappa shape index (κ3) is 3.65. The number of alkyl halides is 1. The number of aromatic nitrogens is 2. The van der Waals surface area contributed by atoms with Crippen molar-refractivity contribution in [1.29, 1.82) is 5.26 Å². The van der Waals surface area contributed by atoms with Gasteiger partial charge < -0.3 is 4.74 Å². The van der Waals surface area contributed by atoms with Crippen molar-refractivity contribution in [2.24, 2.45) is 0 Å². The molecule has 0 N–H and O–H groups in total. The Morgan fingerprint density at radius 1 is 1.20 bits per heavy atom. The molecule has 2 aromatic heterocycles. The van der Waals surface area contributed by atoms with Gasteiger partial charge in [0.1, 0.15) is 23.0 Å². The second-order valence-electron chi connectivity index (χ2n) is 6.45. The molecule has 0 aliphatic carbocycles. The zero-order chi connectivity index (χ0) is 18.2. The summed E-state index contributed by atoms with van der Waals surface area (Å²) in [5.41, 5.74) is 2.72. The van der Waals surface area contributed by atoms with Crippen molar-refractivity contribution >= 4 is 14.8 Å². The third-order valence-electron chi connectivity index (χ3n) is 3.69. The highest BCUT2D eigenvalue weighted by atomic mass is 31.0. The lowest BCUT2D eigenvalue weighted by Crippen LogP contribution is -2.18. The molecular weight excluding hydrogens is 336 g/mol. The lowest BCUT2D eigenvalue weighted by atomic mass is 10.1. The smallest absolute Gasteiger partial charge is 0.166 e. The second-order valence-corrected chi connectivity index (χ2v) is 7.84. The van der Waals surface area contributed by atoms with Gasteiger partial charge in [0.15, 0.2) is 11.9 Å². The molecule has 0 aliphatic heterocycles. The van der Waals surface area contributed by atoms with Gasteiger partial charge in [-0.1, -0.05) is 27.4 Å². The Kier molecular flexibility index (Phi) is 4.49. The molecule has 0 saturated heterocycles. The fraction of sp³-hybridized carbons (Fsp3) is 0.263. The maximum absolute atomic E-state index is 13.8. The molecule has 2 atom stereocenters. The Morgan fingerprint density at radius 3 is 2.40 bits per heavy atom. The molecule has 25 heavy (non-hydrogen) atoms. The number of hydrogen-bond acceptors (Lipinski definition) is 3. The molecule has 0 aliphatic rings. The van der Waals surface area contributed by atoms with Crippen molar-refractivity contribution in [3.63, 3.8) is 0 Å². The van der Waals surface area contributed by atoms with Gasteiger partial charge in [-0.15, -0.1) is 0 Å². The van der Waals surface area contributed by atoms with Crippen LogP contribution in [0.1, 0.15) is 38.5 Å². The maximum Gasteiger partial charge on any atom is 0.166 e. The summed E-state index contributed by atoms with van der Waals surface area (Å²) in [5, 5.41) is 8.84. The monoisotopic (exact) mass is 355 g/mol. The largest absolute Gasteiger partial charge is 0.484 e. The van der Waals surface area contributed by atoms with E-state index in [1.54, 1.807) is 10.5 Å². The van der Waals surface area contributed by atoms with Crippen LogP contribution >= 0.6 is 9.24 Å². The number of rotatable bonds is 4. The minimum absolute atomic E-state index is 0.234. The minimum atomic E-state index is -1.26. The molecule has 3 aromatic rings. The van der Waals surface area contributed by atoms with Crippen LogP contribution in [0.5, 0.6) is 5.75 Å². The number of hydrogen-bond donors (Lipinski definition) is 0. The van der Waals surface area contributed by atoms with Crippen LogP contribution < -0.4 is 4.74 Å². The molecule has 6 heteroatoms. The summed E-state index contributed by atoms with van der Waals surface area (Å²) in [4.78, 5) is 4.10. The molecule has 0 spiro atoms. The van der Waals surface area contributed by atoms with Gasteiger partial charge >= 0.3 is 0 Å². The van der Waals surface area contributed by atoms with Gasteiger partial charge in [-0.2, -0.15) is 5.26 Å². The van der Waals surface area contributed by atoms with E-state index in [0.29, 0.717) is 5.52 Å². The molecule has 2 heterocycles. The van der Waals surface area contributed by atoms with Crippen molar-refractivity contribution in [3.8, 4) is 22.9 Å². The van der Waals surface area contributed by atoms with Crippen molar-refractivity contribution in [1.82, 2.24) is 9.38 Å². The summed E-state index contributed by atoms with van der Waals surface area (Å²) in [5.74, 6) is 1.01. The van der Waals surface area contributed by atoms with Gasteiger partial charge in [-0.25, -0.2) is 9.37 Å². The van der Waals surface area contributed by atoms with E-state index < -0.39 is 6.17 Å². The number of halogens is 1. The molecule has 0 bridgehead atoms. The van der Waals surface area contributed by atoms with E-state index >= 15 is 0 Å². The lowest BCUT2D eigenvalue weighted by molar-refractivity contribution is 0.206. The van der Waals surface area contributed by atoms with Crippen LogP contribution in [0.4, 0.5) is 4.39 Å². The molecule has 0 fully saturated rings. The van der Waals surface area contributed by atoms with Crippen molar-refractivity contribution in [3.05, 3.63) is 54.1 Å². The van der Waals surface area contributed by atoms with Crippen LogP contribution in [0.15, 0.2) is 42.6 Å². The maximum atomic E-state index is 13.8. The summed E-state index contributed by atoms with van der Waals surface area (Å²) in [7, 11) is 2.64. The highest BCUT2D eigenvalue weighted by molar-refractivity contribution is 7.18. The van der Waals surface area contributed by atoms with Gasteiger partial charge in [0.2, 0.25) is 0 Å². The van der Waals surface area contributed by atoms with Crippen LogP contribution in [-0.2, 0) is 0 Å². The van der Waals surface area contributed by atoms with Crippen LogP contribution in [-0.4, -0.2) is 14.7 Å². The standard InChI is InChI=1S/C19H19FN3OP/c1-12(20)18-22-16(10-21)17-9-6-14(11-23(17)18)13-4-7-15(8-5-13)24-19(2,3)25/h4-9,11-12H,25H2,1-3H3. The number of ether oxygens (including phenoxy) is 1. The van der Waals surface area contributed by atoms with Gasteiger partial charge in [-0.05, 0) is 50.1 Å². The van der Waals surface area contributed by atoms with Gasteiger partial charge in [0.25, 0.3) is 0 Å². The van der Waals surface area contributed by atoms with Crippen LogP contribution in [0.2, 0.25) is 0 Å². The van der Waals surface area contributed by atoms with Crippen LogP contribution in [0.25, 0.3) is 16.6 Å². The first-order valence-electron chi connectivity index (χ1n) is 7.93. The zero-order valence-corrected chi connectivity index (χ0v) is 15.5. The fourth-order valence-electron chi connectivity index (χ4n) is 2.66. The van der Waals surface area contributed by atoms with Gasteiger partial charge in [0, 0.05) is 6.20 Å². The molecule has 2 unspecified atom stereocenters. The lowest BCUT2D eigenvalue weighted by Gasteiger charge is -2.21. The molecule has 0 radical (unpaired) electrons. The van der Waals surface area contributed by atoms with Gasteiger partial charge in [0.05, 0.1) is 5.52 Å². The number of fused-ring (bicyclic) bond motifs is 1. The molecular formula is C19H19FN3OP. The van der Waals surface area contributed by atoms with E-state index in [-0.39, 0.29) is 16.9 Å². The average Bonchev–Trinajstić information content (AvgIpc) is 2.92. The summed E-state index contributed by atoms with van der Waals surface area (Å²) >= 11 is 0. The average molecular weight is 355 g/mol. The van der Waals surface area contributed by atoms with Gasteiger partial charge in [-0.3, -0.25) is 4.40 Å². The zero-order valence-electron chi connectivity index (χ0n) is 14.3. The van der Waals surface area contributed by atoms with E-state index in [1.807, 2.05) is 56.4 Å². The summed E-state index contributed by atoms with van der Waals surface area (Å²) in [6.07, 6.45) is 0.550. The third-order valence-corrected chi connectivity index (χ3v) is 3.81. The number of nitriles is 1. The first-order valence-corrected chi connectivity index (χ1v) is 8.51. The number of pyridine rings is 1. The van der Waals surface area contributed by atoms with E-state index in [9.17, 15) is 9.65 Å². The predicted octanol–water partition coefficient (Wildman–Crippen LogP) is 4.89. The van der Waals surface area contributed by atoms with Crippen molar-refractivity contribution in [2.45, 2.75) is 32.3 Å². The SMILES string of the molecule is CC(F)c1nc(C#N)c2ccc(-c3ccc(OC(C)(C)P)cc3)cn12. The first kappa shape index (κ1) is 17.4. The number of imidazole rings is 1. The topological polar surface area (TPSA) is 50.3 Å². The summed E-state index contributed by atoms with van der Waals surface area (Å²) < 4.78 is 21.3. The van der Waals surface area contributed by atoms with E-state index in [2.05, 4.69) is 14.2 Å². The molecule has 0 saturated carbocycles. The Hall–Kier alpha value is -2.44. The molecule has 128 valence electrons. The van der Waals surface area contributed by atoms with Crippen LogP contribution in [0.3, 0.4) is 0 Å². The molecule has 4 nitrogen and oxygen atoms in total. The van der Waals surface area contributed by atoms with Crippen LogP contribution in [0, 0.1) is 11.3 Å². The Balaban J connectivity index is 2.02. The Labute approximate surface area is 148 Å². The Morgan fingerprint density at radius 2 is 1.84 bits per heavy atom. The molecule has 0 amide bonds. The first-order chi connectivity index (χ1) is 11.8. The van der Waals surface area contributed by atoms with Crippen molar-refractivity contribution < 1.29 is 9.13 Å². The highest BCUT2D eigenvalue weighted by Gasteiger charge is 2.16. The molecule has 1 aromatic carbocycles. The summed E-state index contributed by atoms with van der Waals surface area (Å²) in [6.45, 7) is 5.34. The predicted molar refractivity (Wildman–Crippen MR) is 99.3 cm³/mol. The quantitative estimate of drug-likeness (QED) is 0.626. The molecule has 3 rings (SSSR count). The Bertz CT molecular complexity index is 950. The van der Waals surface area contributed by atoms with Crippen molar-refractivity contribution in [2.75, 3.05) is 0 Å². The number of benzene rings is 1. The van der Waals surface area contributed by atoms with E-state index in [0.717, 1.165) is 16.9 Å². The minimum Gasteiger partial charge on any atom is -0.484 e. The summed E-state index contributed by atoms with van der Waals surface area (Å²) in [6, 6.07) is 13.4. The fourth-order valence-corrected chi connectivity index (χ4v) is 2.80. The number of nitrogens with zero attached hydrogens (tertiary/aromatic N) is 3.